The Kier molecular flexibility index (Phi) is 6.06. The van der Waals surface area contributed by atoms with Gasteiger partial charge in [-0.05, 0) is 50.1 Å². The van der Waals surface area contributed by atoms with E-state index < -0.39 is 21.8 Å². The average Bonchev–Trinajstić information content (AvgIpc) is 3.12. The Morgan fingerprint density at radius 1 is 1.16 bits per heavy atom. The monoisotopic (exact) mass is 455 g/mol. The van der Waals surface area contributed by atoms with E-state index in [0.717, 1.165) is 11.1 Å². The van der Waals surface area contributed by atoms with Crippen molar-refractivity contribution in [1.29, 1.82) is 0 Å². The first-order chi connectivity index (χ1) is 15.3. The number of sulfone groups is 1. The lowest BCUT2D eigenvalue weighted by molar-refractivity contribution is 0.0648. The molecule has 1 aliphatic rings. The molecule has 0 N–H and O–H groups in total. The maximum atomic E-state index is 13.5. The van der Waals surface area contributed by atoms with Crippen LogP contribution in [0.4, 0.5) is 0 Å². The van der Waals surface area contributed by atoms with Crippen molar-refractivity contribution in [2.24, 2.45) is 0 Å². The predicted octanol–water partition coefficient (Wildman–Crippen LogP) is 3.33. The summed E-state index contributed by atoms with van der Waals surface area (Å²) in [5.41, 5.74) is 1.76. The molecule has 1 aliphatic heterocycles. The molecule has 3 aromatic rings. The van der Waals surface area contributed by atoms with E-state index in [4.69, 9.17) is 9.15 Å². The minimum atomic E-state index is -3.22. The van der Waals surface area contributed by atoms with Crippen LogP contribution in [0, 0.1) is 6.92 Å². The molecule has 0 aliphatic carbocycles. The van der Waals surface area contributed by atoms with Crippen molar-refractivity contribution < 1.29 is 22.4 Å². The predicted molar refractivity (Wildman–Crippen MR) is 122 cm³/mol. The molecule has 0 bridgehead atoms. The zero-order valence-electron chi connectivity index (χ0n) is 18.0. The van der Waals surface area contributed by atoms with Crippen LogP contribution in [0.2, 0.25) is 0 Å². The van der Waals surface area contributed by atoms with Gasteiger partial charge in [0, 0.05) is 18.7 Å². The molecular weight excluding hydrogens is 430 g/mol. The number of carbonyl (C=O) groups is 1. The number of carbonyl (C=O) groups excluding carboxylic acids is 1. The minimum absolute atomic E-state index is 0.0334. The molecule has 1 unspecified atom stereocenters. The summed E-state index contributed by atoms with van der Waals surface area (Å²) in [6, 6.07) is 13.2. The molecule has 1 aromatic heterocycles. The molecule has 4 rings (SSSR count). The first-order valence-corrected chi connectivity index (χ1v) is 12.4. The van der Waals surface area contributed by atoms with Crippen molar-refractivity contribution >= 4 is 26.7 Å². The van der Waals surface area contributed by atoms with Gasteiger partial charge in [-0.15, -0.1) is 0 Å². The third-order valence-corrected chi connectivity index (χ3v) is 7.34. The zero-order valence-corrected chi connectivity index (χ0v) is 18.9. The van der Waals surface area contributed by atoms with E-state index in [-0.39, 0.29) is 29.2 Å². The van der Waals surface area contributed by atoms with Crippen molar-refractivity contribution in [3.05, 3.63) is 75.6 Å². The van der Waals surface area contributed by atoms with Gasteiger partial charge in [0.25, 0.3) is 5.91 Å². The van der Waals surface area contributed by atoms with Crippen LogP contribution in [-0.2, 0) is 16.4 Å². The highest BCUT2D eigenvalue weighted by molar-refractivity contribution is 7.91. The Morgan fingerprint density at radius 3 is 2.56 bits per heavy atom. The van der Waals surface area contributed by atoms with Gasteiger partial charge >= 0.3 is 0 Å². The standard InChI is InChI=1S/C24H25NO6S/c1-3-30-19-7-5-17(6-8-19)14-25(18-10-11-32(28,29)15-18)24(27)23-13-21(26)20-12-16(2)4-9-22(20)31-23/h4-9,12-13,18H,3,10-11,14-15H2,1-2H3. The minimum Gasteiger partial charge on any atom is -0.494 e. The highest BCUT2D eigenvalue weighted by Crippen LogP contribution is 2.24. The second kappa shape index (κ2) is 8.78. The van der Waals surface area contributed by atoms with E-state index in [2.05, 4.69) is 0 Å². The van der Waals surface area contributed by atoms with Crippen LogP contribution >= 0.6 is 0 Å². The van der Waals surface area contributed by atoms with E-state index in [1.54, 1.807) is 18.2 Å². The Morgan fingerprint density at radius 2 is 1.91 bits per heavy atom. The number of aryl methyl sites for hydroxylation is 1. The van der Waals surface area contributed by atoms with Gasteiger partial charge in [0.05, 0.1) is 23.5 Å². The fourth-order valence-corrected chi connectivity index (χ4v) is 5.69. The summed E-state index contributed by atoms with van der Waals surface area (Å²) in [6.07, 6.45) is 0.349. The van der Waals surface area contributed by atoms with Crippen LogP contribution in [0.1, 0.15) is 35.0 Å². The number of ether oxygens (including phenoxy) is 1. The van der Waals surface area contributed by atoms with E-state index in [9.17, 15) is 18.0 Å². The molecule has 2 aromatic carbocycles. The van der Waals surface area contributed by atoms with E-state index >= 15 is 0 Å². The molecule has 168 valence electrons. The fraction of sp³-hybridized carbons (Fsp3) is 0.333. The largest absolute Gasteiger partial charge is 0.494 e. The number of amides is 1. The Hall–Kier alpha value is -3.13. The number of hydrogen-bond acceptors (Lipinski definition) is 6. The first-order valence-electron chi connectivity index (χ1n) is 10.5. The highest BCUT2D eigenvalue weighted by Gasteiger charge is 2.36. The van der Waals surface area contributed by atoms with Crippen LogP contribution in [-0.4, -0.2) is 43.4 Å². The van der Waals surface area contributed by atoms with E-state index in [1.165, 1.54) is 11.0 Å². The number of benzene rings is 2. The molecule has 0 saturated carbocycles. The van der Waals surface area contributed by atoms with Gasteiger partial charge in [-0.1, -0.05) is 23.8 Å². The molecule has 2 heterocycles. The van der Waals surface area contributed by atoms with Gasteiger partial charge < -0.3 is 14.1 Å². The van der Waals surface area contributed by atoms with Crippen molar-refractivity contribution in [2.45, 2.75) is 32.9 Å². The smallest absolute Gasteiger partial charge is 0.290 e. The molecular formula is C24H25NO6S. The summed E-state index contributed by atoms with van der Waals surface area (Å²) in [6.45, 7) is 4.51. The molecule has 1 amide bonds. The Labute approximate surface area is 186 Å². The van der Waals surface area contributed by atoms with Crippen molar-refractivity contribution in [2.75, 3.05) is 18.1 Å². The molecule has 32 heavy (non-hydrogen) atoms. The van der Waals surface area contributed by atoms with Crippen molar-refractivity contribution in [3.8, 4) is 5.75 Å². The molecule has 7 nitrogen and oxygen atoms in total. The summed E-state index contributed by atoms with van der Waals surface area (Å²) in [5.74, 6) is 0.0499. The third-order valence-electron chi connectivity index (χ3n) is 5.59. The lowest BCUT2D eigenvalue weighted by atomic mass is 10.1. The van der Waals surface area contributed by atoms with Gasteiger partial charge in [-0.25, -0.2) is 8.42 Å². The molecule has 8 heteroatoms. The van der Waals surface area contributed by atoms with Gasteiger partial charge in [0.1, 0.15) is 11.3 Å². The molecule has 1 atom stereocenters. The number of rotatable bonds is 6. The van der Waals surface area contributed by atoms with Crippen molar-refractivity contribution in [1.82, 2.24) is 4.90 Å². The van der Waals surface area contributed by atoms with Crippen LogP contribution in [0.15, 0.2) is 57.7 Å². The summed E-state index contributed by atoms with van der Waals surface area (Å²) in [4.78, 5) is 27.6. The normalized spacial score (nSPS) is 17.4. The molecule has 0 spiro atoms. The van der Waals surface area contributed by atoms with Crippen LogP contribution in [0.5, 0.6) is 5.75 Å². The number of hydrogen-bond donors (Lipinski definition) is 0. The van der Waals surface area contributed by atoms with Gasteiger partial charge in [0.2, 0.25) is 0 Å². The van der Waals surface area contributed by atoms with E-state index in [0.29, 0.717) is 29.7 Å². The van der Waals surface area contributed by atoms with Crippen LogP contribution in [0.3, 0.4) is 0 Å². The lowest BCUT2D eigenvalue weighted by Gasteiger charge is -2.28. The second-order valence-corrected chi connectivity index (χ2v) is 10.3. The SMILES string of the molecule is CCOc1ccc(CN(C(=O)c2cc(=O)c3cc(C)ccc3o2)C2CCS(=O)(=O)C2)cc1. The summed E-state index contributed by atoms with van der Waals surface area (Å²) in [5, 5.41) is 0.406. The number of nitrogens with zero attached hydrogens (tertiary/aromatic N) is 1. The van der Waals surface area contributed by atoms with Crippen LogP contribution < -0.4 is 10.2 Å². The van der Waals surface area contributed by atoms with Gasteiger partial charge in [0.15, 0.2) is 21.0 Å². The quantitative estimate of drug-likeness (QED) is 0.566. The molecule has 1 fully saturated rings. The van der Waals surface area contributed by atoms with E-state index in [1.807, 2.05) is 38.1 Å². The summed E-state index contributed by atoms with van der Waals surface area (Å²) in [7, 11) is -3.22. The first kappa shape index (κ1) is 22.1. The fourth-order valence-electron chi connectivity index (χ4n) is 3.96. The topological polar surface area (TPSA) is 93.9 Å². The molecule has 1 saturated heterocycles. The maximum absolute atomic E-state index is 13.5. The van der Waals surface area contributed by atoms with Crippen molar-refractivity contribution in [3.63, 3.8) is 0 Å². The lowest BCUT2D eigenvalue weighted by Crippen LogP contribution is -2.40. The summed E-state index contributed by atoms with van der Waals surface area (Å²) < 4.78 is 35.5. The number of fused-ring (bicyclic) bond motifs is 1. The summed E-state index contributed by atoms with van der Waals surface area (Å²) >= 11 is 0. The molecule has 0 radical (unpaired) electrons. The second-order valence-electron chi connectivity index (χ2n) is 8.04. The van der Waals surface area contributed by atoms with Crippen LogP contribution in [0.25, 0.3) is 11.0 Å². The van der Waals surface area contributed by atoms with Gasteiger partial charge in [-0.3, -0.25) is 9.59 Å². The maximum Gasteiger partial charge on any atom is 0.290 e. The average molecular weight is 456 g/mol. The zero-order chi connectivity index (χ0) is 22.9. The Bertz CT molecular complexity index is 1310. The highest BCUT2D eigenvalue weighted by atomic mass is 32.2. The Balaban J connectivity index is 1.69. The van der Waals surface area contributed by atoms with Gasteiger partial charge in [-0.2, -0.15) is 0 Å². The third kappa shape index (κ3) is 4.70.